The van der Waals surface area contributed by atoms with Gasteiger partial charge in [0, 0.05) is 11.9 Å². The maximum absolute atomic E-state index is 11.2. The predicted molar refractivity (Wildman–Crippen MR) is 74.1 cm³/mol. The van der Waals surface area contributed by atoms with E-state index in [1.54, 1.807) is 12.1 Å². The van der Waals surface area contributed by atoms with Gasteiger partial charge in [0.05, 0.1) is 22.7 Å². The maximum atomic E-state index is 11.2. The molecule has 0 bridgehead atoms. The number of hydrogen-bond donors (Lipinski definition) is 3. The van der Waals surface area contributed by atoms with Crippen LogP contribution < -0.4 is 10.5 Å². The molecule has 9 heteroatoms. The standard InChI is InChI=1S/C12H12N4O4S/c13-21(19,20)9-3-4-11(10(6-9)12(17)18)14-7-8-2-1-5-15-16-8/h1-6,14H,7H2,(H,17,18)(H2,13,19,20). The second-order valence-corrected chi connectivity index (χ2v) is 5.69. The molecule has 110 valence electrons. The molecule has 0 spiro atoms. The van der Waals surface area contributed by atoms with E-state index in [1.807, 2.05) is 0 Å². The minimum absolute atomic E-state index is 0.189. The van der Waals surface area contributed by atoms with E-state index >= 15 is 0 Å². The van der Waals surface area contributed by atoms with Gasteiger partial charge < -0.3 is 10.4 Å². The summed E-state index contributed by atoms with van der Waals surface area (Å²) in [5.41, 5.74) is 0.690. The molecule has 0 unspecified atom stereocenters. The van der Waals surface area contributed by atoms with Crippen molar-refractivity contribution in [3.8, 4) is 0 Å². The largest absolute Gasteiger partial charge is 0.478 e. The van der Waals surface area contributed by atoms with Crippen LogP contribution in [0.5, 0.6) is 0 Å². The molecule has 21 heavy (non-hydrogen) atoms. The Morgan fingerprint density at radius 1 is 1.33 bits per heavy atom. The highest BCUT2D eigenvalue weighted by Crippen LogP contribution is 2.20. The molecule has 0 amide bonds. The van der Waals surface area contributed by atoms with Crippen molar-refractivity contribution >= 4 is 21.7 Å². The van der Waals surface area contributed by atoms with E-state index in [9.17, 15) is 13.2 Å². The fourth-order valence-electron chi connectivity index (χ4n) is 1.64. The summed E-state index contributed by atoms with van der Waals surface area (Å²) in [4.78, 5) is 10.9. The zero-order chi connectivity index (χ0) is 15.5. The number of anilines is 1. The van der Waals surface area contributed by atoms with Crippen molar-refractivity contribution in [1.82, 2.24) is 10.2 Å². The first-order chi connectivity index (χ1) is 9.88. The number of nitrogens with two attached hydrogens (primary N) is 1. The predicted octanol–water partition coefficient (Wildman–Crippen LogP) is 0.434. The van der Waals surface area contributed by atoms with Gasteiger partial charge in [-0.2, -0.15) is 10.2 Å². The highest BCUT2D eigenvalue weighted by atomic mass is 32.2. The van der Waals surface area contributed by atoms with Gasteiger partial charge in [0.1, 0.15) is 0 Å². The van der Waals surface area contributed by atoms with Crippen LogP contribution in [0.4, 0.5) is 5.69 Å². The molecule has 4 N–H and O–H groups in total. The molecule has 0 aliphatic heterocycles. The Morgan fingerprint density at radius 2 is 2.10 bits per heavy atom. The highest BCUT2D eigenvalue weighted by molar-refractivity contribution is 7.89. The summed E-state index contributed by atoms with van der Waals surface area (Å²) in [7, 11) is -3.96. The van der Waals surface area contributed by atoms with Crippen molar-refractivity contribution in [3.63, 3.8) is 0 Å². The van der Waals surface area contributed by atoms with E-state index in [2.05, 4.69) is 15.5 Å². The Kier molecular flexibility index (Phi) is 4.15. The number of nitrogens with one attached hydrogen (secondary N) is 1. The van der Waals surface area contributed by atoms with E-state index in [4.69, 9.17) is 10.2 Å². The first kappa shape index (κ1) is 14.9. The van der Waals surface area contributed by atoms with Crippen LogP contribution >= 0.6 is 0 Å². The summed E-state index contributed by atoms with van der Waals surface area (Å²) < 4.78 is 22.5. The van der Waals surface area contributed by atoms with Crippen LogP contribution in [0.15, 0.2) is 41.4 Å². The van der Waals surface area contributed by atoms with Gasteiger partial charge in [-0.15, -0.1) is 0 Å². The van der Waals surface area contributed by atoms with E-state index in [0.717, 1.165) is 6.07 Å². The summed E-state index contributed by atoms with van der Waals surface area (Å²) >= 11 is 0. The van der Waals surface area contributed by atoms with Crippen LogP contribution in [0.3, 0.4) is 0 Å². The van der Waals surface area contributed by atoms with E-state index in [-0.39, 0.29) is 22.7 Å². The fourth-order valence-corrected chi connectivity index (χ4v) is 2.18. The molecule has 0 saturated heterocycles. The molecule has 0 atom stereocenters. The summed E-state index contributed by atoms with van der Waals surface area (Å²) in [5.74, 6) is -1.26. The first-order valence-electron chi connectivity index (χ1n) is 5.78. The quantitative estimate of drug-likeness (QED) is 0.729. The monoisotopic (exact) mass is 308 g/mol. The highest BCUT2D eigenvalue weighted by Gasteiger charge is 2.15. The van der Waals surface area contributed by atoms with Crippen molar-refractivity contribution in [2.45, 2.75) is 11.4 Å². The van der Waals surface area contributed by atoms with Crippen LogP contribution in [-0.4, -0.2) is 29.7 Å². The van der Waals surface area contributed by atoms with Crippen LogP contribution in [0, 0.1) is 0 Å². The number of hydrogen-bond acceptors (Lipinski definition) is 6. The third kappa shape index (κ3) is 3.74. The third-order valence-corrected chi connectivity index (χ3v) is 3.55. The molecule has 0 saturated carbocycles. The van der Waals surface area contributed by atoms with Gasteiger partial charge in [-0.25, -0.2) is 18.4 Å². The number of nitrogens with zero attached hydrogens (tertiary/aromatic N) is 2. The summed E-state index contributed by atoms with van der Waals surface area (Å²) in [6.45, 7) is 0.253. The number of benzene rings is 1. The SMILES string of the molecule is NS(=O)(=O)c1ccc(NCc2cccnn2)c(C(=O)O)c1. The fraction of sp³-hybridized carbons (Fsp3) is 0.0833. The molecule has 0 fully saturated rings. The van der Waals surface area contributed by atoms with Gasteiger partial charge in [-0.1, -0.05) is 0 Å². The topological polar surface area (TPSA) is 135 Å². The van der Waals surface area contributed by atoms with Gasteiger partial charge in [-0.3, -0.25) is 0 Å². The molecule has 2 aromatic rings. The van der Waals surface area contributed by atoms with Crippen molar-refractivity contribution in [2.24, 2.45) is 5.14 Å². The van der Waals surface area contributed by atoms with Crippen LogP contribution in [0.25, 0.3) is 0 Å². The van der Waals surface area contributed by atoms with E-state index < -0.39 is 16.0 Å². The van der Waals surface area contributed by atoms with Crippen molar-refractivity contribution in [2.75, 3.05) is 5.32 Å². The second kappa shape index (κ2) is 5.85. The lowest BCUT2D eigenvalue weighted by Crippen LogP contribution is -2.14. The summed E-state index contributed by atoms with van der Waals surface area (Å²) in [6, 6.07) is 7.02. The molecule has 0 aliphatic carbocycles. The molecular weight excluding hydrogens is 296 g/mol. The molecule has 1 heterocycles. The number of carboxylic acids is 1. The lowest BCUT2D eigenvalue weighted by molar-refractivity contribution is 0.0697. The number of rotatable bonds is 5. The van der Waals surface area contributed by atoms with Gasteiger partial charge in [0.25, 0.3) is 0 Å². The minimum atomic E-state index is -3.96. The van der Waals surface area contributed by atoms with Crippen LogP contribution in [0.1, 0.15) is 16.1 Å². The zero-order valence-electron chi connectivity index (χ0n) is 10.7. The van der Waals surface area contributed by atoms with Gasteiger partial charge in [0.2, 0.25) is 10.0 Å². The average Bonchev–Trinajstić information content (AvgIpc) is 2.45. The average molecular weight is 308 g/mol. The summed E-state index contributed by atoms with van der Waals surface area (Å²) in [5, 5.41) is 24.5. The van der Waals surface area contributed by atoms with Crippen molar-refractivity contribution < 1.29 is 18.3 Å². The molecule has 1 aromatic carbocycles. The molecule has 1 aromatic heterocycles. The molecule has 8 nitrogen and oxygen atoms in total. The van der Waals surface area contributed by atoms with Crippen LogP contribution in [-0.2, 0) is 16.6 Å². The Morgan fingerprint density at radius 3 is 2.67 bits per heavy atom. The van der Waals surface area contributed by atoms with Crippen molar-refractivity contribution in [1.29, 1.82) is 0 Å². The number of primary sulfonamides is 1. The molecule has 0 aliphatic rings. The lowest BCUT2D eigenvalue weighted by Gasteiger charge is -2.10. The van der Waals surface area contributed by atoms with Gasteiger partial charge in [0.15, 0.2) is 0 Å². The number of carbonyl (C=O) groups is 1. The Balaban J connectivity index is 2.29. The first-order valence-corrected chi connectivity index (χ1v) is 7.33. The van der Waals surface area contributed by atoms with Gasteiger partial charge in [-0.05, 0) is 30.3 Å². The second-order valence-electron chi connectivity index (χ2n) is 4.13. The van der Waals surface area contributed by atoms with Crippen molar-refractivity contribution in [3.05, 3.63) is 47.8 Å². The number of sulfonamides is 1. The van der Waals surface area contributed by atoms with E-state index in [0.29, 0.717) is 5.69 Å². The smallest absolute Gasteiger partial charge is 0.337 e. The number of carboxylic acid groups (broad SMARTS) is 1. The Labute approximate surface area is 120 Å². The minimum Gasteiger partial charge on any atom is -0.478 e. The number of aromatic carboxylic acids is 1. The zero-order valence-corrected chi connectivity index (χ0v) is 11.5. The van der Waals surface area contributed by atoms with E-state index in [1.165, 1.54) is 18.3 Å². The van der Waals surface area contributed by atoms with Crippen LogP contribution in [0.2, 0.25) is 0 Å². The molecule has 0 radical (unpaired) electrons. The van der Waals surface area contributed by atoms with Gasteiger partial charge >= 0.3 is 5.97 Å². The normalized spacial score (nSPS) is 11.1. The molecule has 2 rings (SSSR count). The Hall–Kier alpha value is -2.52. The number of aromatic nitrogens is 2. The maximum Gasteiger partial charge on any atom is 0.337 e. The summed E-state index contributed by atoms with van der Waals surface area (Å²) in [6.07, 6.45) is 1.52. The molecular formula is C12H12N4O4S. The lowest BCUT2D eigenvalue weighted by atomic mass is 10.1. The Bertz CT molecular complexity index is 762. The third-order valence-electron chi connectivity index (χ3n) is 2.64.